The Morgan fingerprint density at radius 2 is 2.10 bits per heavy atom. The Hall–Kier alpha value is -0.940. The largest absolute Gasteiger partial charge is 0.452 e. The number of carbonyl (C=O) groups is 2. The lowest BCUT2D eigenvalue weighted by molar-refractivity contribution is -0.169. The number of hydrogen-bond donors (Lipinski definition) is 0. The van der Waals surface area contributed by atoms with E-state index in [0.717, 1.165) is 38.7 Å². The predicted molar refractivity (Wildman–Crippen MR) is 72.4 cm³/mol. The lowest BCUT2D eigenvalue weighted by Gasteiger charge is -2.25. The third-order valence-corrected chi connectivity index (χ3v) is 3.90. The molecule has 0 aromatic heterocycles. The Balaban J connectivity index is 1.69. The van der Waals surface area contributed by atoms with Gasteiger partial charge in [-0.3, -0.25) is 4.79 Å². The second-order valence-corrected chi connectivity index (χ2v) is 5.60. The van der Waals surface area contributed by atoms with Crippen molar-refractivity contribution in [2.75, 3.05) is 13.2 Å². The molecular formula is C15H24O5. The fourth-order valence-electron chi connectivity index (χ4n) is 2.57. The van der Waals surface area contributed by atoms with E-state index in [0.29, 0.717) is 19.4 Å². The van der Waals surface area contributed by atoms with Crippen LogP contribution in [-0.4, -0.2) is 43.3 Å². The summed E-state index contributed by atoms with van der Waals surface area (Å²) in [6.07, 6.45) is 5.09. The molecule has 1 saturated heterocycles. The van der Waals surface area contributed by atoms with E-state index in [2.05, 4.69) is 0 Å². The van der Waals surface area contributed by atoms with Gasteiger partial charge in [0.05, 0.1) is 12.7 Å². The van der Waals surface area contributed by atoms with E-state index in [1.165, 1.54) is 0 Å². The molecule has 2 fully saturated rings. The first kappa shape index (κ1) is 15.4. The van der Waals surface area contributed by atoms with Gasteiger partial charge in [-0.15, -0.1) is 0 Å². The smallest absolute Gasteiger partial charge is 0.335 e. The first-order valence-corrected chi connectivity index (χ1v) is 7.63. The van der Waals surface area contributed by atoms with Crippen LogP contribution in [0, 0.1) is 0 Å². The zero-order valence-electron chi connectivity index (χ0n) is 12.1. The van der Waals surface area contributed by atoms with Crippen molar-refractivity contribution >= 4 is 11.8 Å². The lowest BCUT2D eigenvalue weighted by Crippen LogP contribution is -2.36. The van der Waals surface area contributed by atoms with Gasteiger partial charge in [0.25, 0.3) is 0 Å². The van der Waals surface area contributed by atoms with Crippen LogP contribution in [0.1, 0.15) is 51.9 Å². The van der Waals surface area contributed by atoms with Crippen LogP contribution in [0.5, 0.6) is 0 Å². The monoisotopic (exact) mass is 284 g/mol. The third kappa shape index (κ3) is 4.56. The minimum Gasteiger partial charge on any atom is -0.452 e. The van der Waals surface area contributed by atoms with Crippen molar-refractivity contribution in [2.24, 2.45) is 0 Å². The summed E-state index contributed by atoms with van der Waals surface area (Å²) in [7, 11) is 0. The van der Waals surface area contributed by atoms with E-state index in [1.54, 1.807) is 6.92 Å². The van der Waals surface area contributed by atoms with Crippen molar-refractivity contribution < 1.29 is 23.8 Å². The molecule has 1 aliphatic carbocycles. The number of ketones is 1. The number of hydrogen-bond acceptors (Lipinski definition) is 5. The Morgan fingerprint density at radius 1 is 1.30 bits per heavy atom. The minimum atomic E-state index is -0.643. The van der Waals surface area contributed by atoms with Crippen LogP contribution in [0.15, 0.2) is 0 Å². The van der Waals surface area contributed by atoms with E-state index >= 15 is 0 Å². The molecule has 0 amide bonds. The van der Waals surface area contributed by atoms with Crippen LogP contribution in [0.4, 0.5) is 0 Å². The van der Waals surface area contributed by atoms with E-state index in [1.807, 2.05) is 0 Å². The molecule has 1 heterocycles. The first-order valence-electron chi connectivity index (χ1n) is 7.63. The maximum atomic E-state index is 11.9. The van der Waals surface area contributed by atoms with Crippen LogP contribution < -0.4 is 0 Å². The molecular weight excluding hydrogens is 260 g/mol. The van der Waals surface area contributed by atoms with E-state index < -0.39 is 18.2 Å². The third-order valence-electron chi connectivity index (χ3n) is 3.90. The molecule has 0 aromatic carbocycles. The van der Waals surface area contributed by atoms with Crippen LogP contribution in [0.2, 0.25) is 0 Å². The average molecular weight is 284 g/mol. The fourth-order valence-corrected chi connectivity index (χ4v) is 2.57. The van der Waals surface area contributed by atoms with Gasteiger partial charge in [-0.25, -0.2) is 4.79 Å². The number of Topliss-reactive ketones (excluding diaryl/α,β-unsaturated/α-hetero) is 1. The summed E-state index contributed by atoms with van der Waals surface area (Å²) in [5.74, 6) is -0.409. The Morgan fingerprint density at radius 3 is 2.80 bits per heavy atom. The molecule has 3 atom stereocenters. The van der Waals surface area contributed by atoms with Gasteiger partial charge in [-0.1, -0.05) is 0 Å². The van der Waals surface area contributed by atoms with Gasteiger partial charge in [0.15, 0.2) is 18.0 Å². The highest BCUT2D eigenvalue weighted by molar-refractivity contribution is 5.86. The highest BCUT2D eigenvalue weighted by Gasteiger charge is 2.28. The molecule has 1 aliphatic heterocycles. The Kier molecular flexibility index (Phi) is 5.98. The summed E-state index contributed by atoms with van der Waals surface area (Å²) >= 11 is 0. The minimum absolute atomic E-state index is 0.0346. The highest BCUT2D eigenvalue weighted by Crippen LogP contribution is 2.18. The van der Waals surface area contributed by atoms with Crippen molar-refractivity contribution in [2.45, 2.75) is 70.2 Å². The van der Waals surface area contributed by atoms with Crippen LogP contribution in [0.25, 0.3) is 0 Å². The molecule has 0 spiro atoms. The zero-order chi connectivity index (χ0) is 14.4. The van der Waals surface area contributed by atoms with Crippen molar-refractivity contribution in [1.29, 1.82) is 0 Å². The number of ether oxygens (including phenoxy) is 3. The summed E-state index contributed by atoms with van der Waals surface area (Å²) < 4.78 is 16.3. The summed E-state index contributed by atoms with van der Waals surface area (Å²) in [5.41, 5.74) is 0. The second kappa shape index (κ2) is 7.74. The molecule has 0 radical (unpaired) electrons. The Bertz CT molecular complexity index is 335. The van der Waals surface area contributed by atoms with Gasteiger partial charge in [-0.05, 0) is 45.4 Å². The van der Waals surface area contributed by atoms with E-state index in [9.17, 15) is 9.59 Å². The summed E-state index contributed by atoms with van der Waals surface area (Å²) in [5, 5.41) is 0. The lowest BCUT2D eigenvalue weighted by atomic mass is 9.96. The maximum absolute atomic E-state index is 11.9. The summed E-state index contributed by atoms with van der Waals surface area (Å²) in [6, 6.07) is 0. The molecule has 2 rings (SSSR count). The van der Waals surface area contributed by atoms with E-state index in [-0.39, 0.29) is 11.9 Å². The molecule has 20 heavy (non-hydrogen) atoms. The molecule has 1 saturated carbocycles. The summed E-state index contributed by atoms with van der Waals surface area (Å²) in [6.45, 7) is 2.84. The topological polar surface area (TPSA) is 61.8 Å². The number of carbonyl (C=O) groups excluding carboxylic acids is 2. The SMILES string of the molecule is C[C@H](OC[C@H]1CCCCO1)C(=O)O[C@H]1CCCCC1=O. The molecule has 5 nitrogen and oxygen atoms in total. The molecule has 0 bridgehead atoms. The van der Waals surface area contributed by atoms with Crippen molar-refractivity contribution in [3.8, 4) is 0 Å². The normalized spacial score (nSPS) is 28.9. The van der Waals surface area contributed by atoms with Crippen molar-refractivity contribution in [3.05, 3.63) is 0 Å². The van der Waals surface area contributed by atoms with Gasteiger partial charge < -0.3 is 14.2 Å². The zero-order valence-corrected chi connectivity index (χ0v) is 12.1. The second-order valence-electron chi connectivity index (χ2n) is 5.60. The van der Waals surface area contributed by atoms with Crippen LogP contribution in [0.3, 0.4) is 0 Å². The number of esters is 1. The van der Waals surface area contributed by atoms with Crippen LogP contribution >= 0.6 is 0 Å². The average Bonchev–Trinajstić information content (AvgIpc) is 2.48. The van der Waals surface area contributed by atoms with Gasteiger partial charge in [0.1, 0.15) is 0 Å². The molecule has 0 unspecified atom stereocenters. The molecule has 5 heteroatoms. The molecule has 0 N–H and O–H groups in total. The van der Waals surface area contributed by atoms with Gasteiger partial charge in [0, 0.05) is 13.0 Å². The van der Waals surface area contributed by atoms with E-state index in [4.69, 9.17) is 14.2 Å². The summed E-state index contributed by atoms with van der Waals surface area (Å²) in [4.78, 5) is 23.5. The first-order chi connectivity index (χ1) is 9.66. The molecule has 114 valence electrons. The standard InChI is InChI=1S/C15H24O5/c1-11(19-10-12-6-4-5-9-18-12)15(17)20-14-8-3-2-7-13(14)16/h11-12,14H,2-10H2,1H3/t11-,12+,14-/m0/s1. The number of rotatable bonds is 5. The Labute approximate surface area is 120 Å². The van der Waals surface area contributed by atoms with Crippen molar-refractivity contribution in [3.63, 3.8) is 0 Å². The highest BCUT2D eigenvalue weighted by atomic mass is 16.6. The van der Waals surface area contributed by atoms with Gasteiger partial charge in [-0.2, -0.15) is 0 Å². The maximum Gasteiger partial charge on any atom is 0.335 e. The molecule has 2 aliphatic rings. The quantitative estimate of drug-likeness (QED) is 0.723. The van der Waals surface area contributed by atoms with Crippen molar-refractivity contribution in [1.82, 2.24) is 0 Å². The van der Waals surface area contributed by atoms with Crippen LogP contribution in [-0.2, 0) is 23.8 Å². The molecule has 0 aromatic rings. The fraction of sp³-hybridized carbons (Fsp3) is 0.867. The van der Waals surface area contributed by atoms with Gasteiger partial charge >= 0.3 is 5.97 Å². The predicted octanol–water partition coefficient (Wildman–Crippen LogP) is 2.02. The van der Waals surface area contributed by atoms with Gasteiger partial charge in [0.2, 0.25) is 0 Å².